The van der Waals surface area contributed by atoms with Gasteiger partial charge in [-0.3, -0.25) is 0 Å². The molecule has 0 heterocycles. The summed E-state index contributed by atoms with van der Waals surface area (Å²) >= 11 is 0. The first-order valence-corrected chi connectivity index (χ1v) is 8.59. The number of benzene rings is 4. The van der Waals surface area contributed by atoms with E-state index in [1.807, 2.05) is 0 Å². The van der Waals surface area contributed by atoms with Gasteiger partial charge in [0.15, 0.2) is 0 Å². The third-order valence-corrected chi connectivity index (χ3v) is 5.33. The molecule has 8 bridgehead atoms. The Morgan fingerprint density at radius 1 is 0.455 bits per heavy atom. The molecule has 0 nitrogen and oxygen atoms in total. The lowest BCUT2D eigenvalue weighted by molar-refractivity contribution is 0.641. The predicted molar refractivity (Wildman–Crippen MR) is 96.0 cm³/mol. The Morgan fingerprint density at radius 3 is 1.18 bits per heavy atom. The van der Waals surface area contributed by atoms with Crippen LogP contribution >= 0.6 is 0 Å². The zero-order valence-electron chi connectivity index (χ0n) is 12.9. The van der Waals surface area contributed by atoms with Crippen LogP contribution in [0, 0.1) is 0 Å². The van der Waals surface area contributed by atoms with E-state index in [1.54, 1.807) is 0 Å². The van der Waals surface area contributed by atoms with Crippen LogP contribution in [0.3, 0.4) is 0 Å². The SMILES string of the molecule is c1cc2cc3cc4ccc5cc(cc1c5c24)CCCCCC3. The third kappa shape index (κ3) is 1.83. The average Bonchev–Trinajstić information content (AvgIpc) is 2.55. The van der Waals surface area contributed by atoms with E-state index in [0.717, 1.165) is 0 Å². The summed E-state index contributed by atoms with van der Waals surface area (Å²) in [6, 6.07) is 19.0. The van der Waals surface area contributed by atoms with E-state index in [-0.39, 0.29) is 0 Å². The molecule has 0 heteroatoms. The summed E-state index contributed by atoms with van der Waals surface area (Å²) < 4.78 is 0. The third-order valence-electron chi connectivity index (χ3n) is 5.33. The lowest BCUT2D eigenvalue weighted by Gasteiger charge is -2.15. The molecule has 0 radical (unpaired) electrons. The second-order valence-corrected chi connectivity index (χ2v) is 6.88. The van der Waals surface area contributed by atoms with Gasteiger partial charge in [0, 0.05) is 0 Å². The van der Waals surface area contributed by atoms with E-state index >= 15 is 0 Å². The molecule has 4 aliphatic carbocycles. The highest BCUT2D eigenvalue weighted by Crippen LogP contribution is 2.36. The van der Waals surface area contributed by atoms with E-state index in [2.05, 4.69) is 48.5 Å². The van der Waals surface area contributed by atoms with Crippen molar-refractivity contribution >= 4 is 32.3 Å². The monoisotopic (exact) mass is 284 g/mol. The summed E-state index contributed by atoms with van der Waals surface area (Å²) in [6.45, 7) is 0. The summed E-state index contributed by atoms with van der Waals surface area (Å²) in [5.41, 5.74) is 3.01. The molecule has 0 N–H and O–H groups in total. The van der Waals surface area contributed by atoms with Crippen LogP contribution in [0.15, 0.2) is 48.5 Å². The molecule has 4 aliphatic rings. The van der Waals surface area contributed by atoms with Gasteiger partial charge in [-0.1, -0.05) is 61.4 Å². The van der Waals surface area contributed by atoms with Gasteiger partial charge in [-0.2, -0.15) is 0 Å². The van der Waals surface area contributed by atoms with Crippen LogP contribution in [0.25, 0.3) is 32.3 Å². The minimum Gasteiger partial charge on any atom is -0.0537 e. The van der Waals surface area contributed by atoms with Crippen molar-refractivity contribution in [3.8, 4) is 0 Å². The van der Waals surface area contributed by atoms with Crippen LogP contribution < -0.4 is 0 Å². The highest BCUT2D eigenvalue weighted by Gasteiger charge is 2.11. The number of hydrogen-bond acceptors (Lipinski definition) is 0. The maximum atomic E-state index is 2.42. The van der Waals surface area contributed by atoms with Crippen molar-refractivity contribution in [3.63, 3.8) is 0 Å². The van der Waals surface area contributed by atoms with Gasteiger partial charge in [-0.15, -0.1) is 0 Å². The minimum atomic E-state index is 1.22. The number of aryl methyl sites for hydroxylation is 2. The molecule has 0 aliphatic heterocycles. The molecule has 0 spiro atoms. The zero-order chi connectivity index (χ0) is 14.5. The van der Waals surface area contributed by atoms with Gasteiger partial charge >= 0.3 is 0 Å². The van der Waals surface area contributed by atoms with Crippen LogP contribution in [0.4, 0.5) is 0 Å². The van der Waals surface area contributed by atoms with E-state index in [0.29, 0.717) is 0 Å². The summed E-state index contributed by atoms with van der Waals surface area (Å²) in [4.78, 5) is 0. The van der Waals surface area contributed by atoms with E-state index in [1.165, 1.54) is 82.0 Å². The van der Waals surface area contributed by atoms with Gasteiger partial charge in [0.1, 0.15) is 0 Å². The molecule has 0 saturated heterocycles. The fraction of sp³-hybridized carbons (Fsp3) is 0.273. The van der Waals surface area contributed by atoms with Crippen molar-refractivity contribution in [2.45, 2.75) is 38.5 Å². The van der Waals surface area contributed by atoms with Crippen LogP contribution in [-0.2, 0) is 12.8 Å². The molecule has 8 rings (SSSR count). The smallest absolute Gasteiger partial charge is 0.00266 e. The zero-order valence-corrected chi connectivity index (χ0v) is 12.9. The lowest BCUT2D eigenvalue weighted by Crippen LogP contribution is -1.93. The van der Waals surface area contributed by atoms with E-state index < -0.39 is 0 Å². The van der Waals surface area contributed by atoms with Crippen molar-refractivity contribution in [2.75, 3.05) is 0 Å². The fourth-order valence-electron chi connectivity index (χ4n) is 4.27. The molecule has 22 heavy (non-hydrogen) atoms. The molecular weight excluding hydrogens is 264 g/mol. The fourth-order valence-corrected chi connectivity index (χ4v) is 4.27. The quantitative estimate of drug-likeness (QED) is 0.335. The highest BCUT2D eigenvalue weighted by molar-refractivity contribution is 6.23. The van der Waals surface area contributed by atoms with Crippen molar-refractivity contribution in [1.82, 2.24) is 0 Å². The van der Waals surface area contributed by atoms with Crippen LogP contribution in [0.5, 0.6) is 0 Å². The molecule has 108 valence electrons. The van der Waals surface area contributed by atoms with E-state index in [9.17, 15) is 0 Å². The Bertz CT molecular complexity index is 830. The minimum absolute atomic E-state index is 1.22. The maximum absolute atomic E-state index is 2.42. The molecule has 0 unspecified atom stereocenters. The Kier molecular flexibility index (Phi) is 2.67. The van der Waals surface area contributed by atoms with Gasteiger partial charge < -0.3 is 0 Å². The molecule has 0 atom stereocenters. The van der Waals surface area contributed by atoms with Gasteiger partial charge in [0.2, 0.25) is 0 Å². The Hall–Kier alpha value is -2.08. The molecule has 0 aromatic heterocycles. The van der Waals surface area contributed by atoms with Gasteiger partial charge in [-0.05, 0) is 69.1 Å². The summed E-state index contributed by atoms with van der Waals surface area (Å²) in [5.74, 6) is 0. The van der Waals surface area contributed by atoms with Crippen molar-refractivity contribution in [1.29, 1.82) is 0 Å². The highest BCUT2D eigenvalue weighted by atomic mass is 14.1. The summed E-state index contributed by atoms with van der Waals surface area (Å²) in [6.07, 6.45) is 7.80. The summed E-state index contributed by atoms with van der Waals surface area (Å²) in [5, 5.41) is 8.57. The number of fused-ring (bicyclic) bond motifs is 2. The van der Waals surface area contributed by atoms with E-state index in [4.69, 9.17) is 0 Å². The van der Waals surface area contributed by atoms with Crippen molar-refractivity contribution in [3.05, 3.63) is 59.7 Å². The standard InChI is InChI=1S/C22H20/c1-2-4-6-16-13-19-9-7-17-11-15(5-3-1)12-18-8-10-20(14-16)22(19)21(17)18/h7-14H,1-6H2. The van der Waals surface area contributed by atoms with Gasteiger partial charge in [0.25, 0.3) is 0 Å². The normalized spacial score (nSPS) is 16.0. The molecule has 4 aromatic carbocycles. The Balaban J connectivity index is 1.95. The van der Waals surface area contributed by atoms with Gasteiger partial charge in [0.05, 0.1) is 0 Å². The predicted octanol–water partition coefficient (Wildman–Crippen LogP) is 6.24. The Labute approximate surface area is 131 Å². The summed E-state index contributed by atoms with van der Waals surface area (Å²) in [7, 11) is 0. The second-order valence-electron chi connectivity index (χ2n) is 6.88. The van der Waals surface area contributed by atoms with Crippen LogP contribution in [0.1, 0.15) is 36.8 Å². The second kappa shape index (κ2) is 4.71. The van der Waals surface area contributed by atoms with Crippen LogP contribution in [-0.4, -0.2) is 0 Å². The average molecular weight is 284 g/mol. The topological polar surface area (TPSA) is 0 Å². The maximum Gasteiger partial charge on any atom is -0.00266 e. The first kappa shape index (κ1) is 12.5. The van der Waals surface area contributed by atoms with Crippen molar-refractivity contribution < 1.29 is 0 Å². The molecule has 0 fully saturated rings. The molecular formula is C22H20. The first-order valence-electron chi connectivity index (χ1n) is 8.59. The lowest BCUT2D eigenvalue weighted by atomic mass is 9.89. The number of rotatable bonds is 0. The number of hydrogen-bond donors (Lipinski definition) is 0. The Morgan fingerprint density at radius 2 is 0.818 bits per heavy atom. The first-order chi connectivity index (χ1) is 10.9. The molecule has 0 amide bonds. The van der Waals surface area contributed by atoms with Gasteiger partial charge in [-0.25, -0.2) is 0 Å². The molecule has 4 aromatic rings. The van der Waals surface area contributed by atoms with Crippen molar-refractivity contribution in [2.24, 2.45) is 0 Å². The van der Waals surface area contributed by atoms with Crippen LogP contribution in [0.2, 0.25) is 0 Å². The molecule has 0 saturated carbocycles. The largest absolute Gasteiger partial charge is 0.0537 e.